The minimum absolute atomic E-state index is 0.0155. The summed E-state index contributed by atoms with van der Waals surface area (Å²) in [6.45, 7) is 0.0155. The molecular weight excluding hydrogens is 250 g/mol. The number of hydrogen-bond acceptors (Lipinski definition) is 6. The number of ether oxygens (including phenoxy) is 1. The lowest BCUT2D eigenvalue weighted by atomic mass is 10.1. The summed E-state index contributed by atoms with van der Waals surface area (Å²) in [6, 6.07) is 4.04. The van der Waals surface area contributed by atoms with Gasteiger partial charge in [-0.05, 0) is 17.7 Å². The zero-order valence-corrected chi connectivity index (χ0v) is 9.85. The molecule has 0 aliphatic carbocycles. The van der Waals surface area contributed by atoms with E-state index in [9.17, 15) is 13.5 Å². The van der Waals surface area contributed by atoms with Crippen LogP contribution in [0.2, 0.25) is 0 Å². The second kappa shape index (κ2) is 5.32. The van der Waals surface area contributed by atoms with E-state index in [2.05, 4.69) is 4.18 Å². The Morgan fingerprint density at radius 2 is 2.06 bits per heavy atom. The van der Waals surface area contributed by atoms with Crippen LogP contribution in [0.3, 0.4) is 0 Å². The number of aliphatic hydroxyl groups excluding tert-OH is 1. The quantitative estimate of drug-likeness (QED) is 0.633. The van der Waals surface area contributed by atoms with Crippen molar-refractivity contribution < 1.29 is 27.0 Å². The average molecular weight is 263 g/mol. The van der Waals surface area contributed by atoms with E-state index < -0.39 is 16.5 Å². The van der Waals surface area contributed by atoms with Crippen molar-refractivity contribution in [1.29, 1.82) is 0 Å². The van der Waals surface area contributed by atoms with Crippen molar-refractivity contribution in [1.82, 2.24) is 0 Å². The molecule has 17 heavy (non-hydrogen) atoms. The lowest BCUT2D eigenvalue weighted by Gasteiger charge is -2.12. The number of benzene rings is 1. The third-order valence-corrected chi connectivity index (χ3v) is 2.38. The van der Waals surface area contributed by atoms with Crippen LogP contribution < -0.4 is 14.7 Å². The first-order valence-electron chi connectivity index (χ1n) is 4.60. The number of aliphatic hydroxyl groups is 1. The Morgan fingerprint density at radius 3 is 2.53 bits per heavy atom. The Morgan fingerprint density at radius 1 is 1.41 bits per heavy atom. The molecule has 1 rings (SSSR count). The highest BCUT2D eigenvalue weighted by Gasteiger charge is 2.15. The monoisotopic (exact) mass is 263 g/mol. The smallest absolute Gasteiger partial charge is 0.446 e. The zero-order valence-electron chi connectivity index (χ0n) is 9.03. The number of hydrogen-bond donors (Lipinski definition) is 3. The first kappa shape index (κ1) is 13.7. The Kier molecular flexibility index (Phi) is 4.29. The second-order valence-corrected chi connectivity index (χ2v) is 4.19. The molecule has 7 nitrogen and oxygen atoms in total. The number of methoxy groups -OCH3 is 1. The minimum Gasteiger partial charge on any atom is -0.493 e. The van der Waals surface area contributed by atoms with Crippen LogP contribution in [0.1, 0.15) is 11.7 Å². The van der Waals surface area contributed by atoms with Crippen LogP contribution in [-0.4, -0.2) is 31.7 Å². The summed E-state index contributed by atoms with van der Waals surface area (Å²) in [4.78, 5) is 0. The van der Waals surface area contributed by atoms with Crippen LogP contribution in [0.4, 0.5) is 0 Å². The van der Waals surface area contributed by atoms with Crippen LogP contribution >= 0.6 is 0 Å². The summed E-state index contributed by atoms with van der Waals surface area (Å²) in [6.07, 6.45) is -0.885. The summed E-state index contributed by atoms with van der Waals surface area (Å²) in [5.41, 5.74) is 5.73. The van der Waals surface area contributed by atoms with Crippen molar-refractivity contribution >= 4 is 10.4 Å². The molecule has 1 atom stereocenters. The molecule has 0 aliphatic heterocycles. The van der Waals surface area contributed by atoms with Crippen molar-refractivity contribution in [3.8, 4) is 11.5 Å². The Hall–Kier alpha value is -1.35. The molecule has 0 saturated heterocycles. The Bertz CT molecular complexity index is 486. The van der Waals surface area contributed by atoms with E-state index in [4.69, 9.17) is 15.0 Å². The summed E-state index contributed by atoms with van der Waals surface area (Å²) in [5, 5.41) is 9.48. The molecule has 1 aromatic rings. The fourth-order valence-electron chi connectivity index (χ4n) is 1.21. The first-order valence-corrected chi connectivity index (χ1v) is 5.97. The molecule has 0 bridgehead atoms. The summed E-state index contributed by atoms with van der Waals surface area (Å²) in [5.74, 6) is -0.115. The molecule has 0 aromatic heterocycles. The molecule has 0 aliphatic rings. The highest BCUT2D eigenvalue weighted by Crippen LogP contribution is 2.30. The van der Waals surface area contributed by atoms with Gasteiger partial charge in [-0.3, -0.25) is 4.55 Å². The molecule has 1 aromatic carbocycles. The summed E-state index contributed by atoms with van der Waals surface area (Å²) in [7, 11) is -3.32. The molecule has 8 heteroatoms. The molecule has 0 radical (unpaired) electrons. The van der Waals surface area contributed by atoms with E-state index in [0.29, 0.717) is 5.56 Å². The molecule has 0 heterocycles. The molecule has 0 amide bonds. The maximum absolute atomic E-state index is 10.6. The van der Waals surface area contributed by atoms with E-state index in [-0.39, 0.29) is 18.0 Å². The SMILES string of the molecule is COc1cc(C(O)CN)ccc1OS(=O)(=O)O. The molecule has 1 unspecified atom stereocenters. The fraction of sp³-hybridized carbons (Fsp3) is 0.333. The number of nitrogens with two attached hydrogens (primary N) is 1. The van der Waals surface area contributed by atoms with Crippen molar-refractivity contribution in [2.24, 2.45) is 5.73 Å². The lowest BCUT2D eigenvalue weighted by Crippen LogP contribution is -2.12. The standard InChI is InChI=1S/C9H13NO6S/c1-15-9-4-6(7(11)5-10)2-3-8(9)16-17(12,13)14/h2-4,7,11H,5,10H2,1H3,(H,12,13,14). The third kappa shape index (κ3) is 3.86. The maximum atomic E-state index is 10.6. The van der Waals surface area contributed by atoms with Gasteiger partial charge in [0.05, 0.1) is 13.2 Å². The minimum atomic E-state index is -4.62. The van der Waals surface area contributed by atoms with E-state index in [1.54, 1.807) is 0 Å². The van der Waals surface area contributed by atoms with E-state index in [1.807, 2.05) is 0 Å². The van der Waals surface area contributed by atoms with Gasteiger partial charge in [-0.25, -0.2) is 0 Å². The number of rotatable bonds is 5. The fourth-order valence-corrected chi connectivity index (χ4v) is 1.57. The largest absolute Gasteiger partial charge is 0.493 e. The van der Waals surface area contributed by atoms with Crippen LogP contribution in [0, 0.1) is 0 Å². The maximum Gasteiger partial charge on any atom is 0.446 e. The highest BCUT2D eigenvalue weighted by molar-refractivity contribution is 7.81. The van der Waals surface area contributed by atoms with Crippen molar-refractivity contribution in [2.75, 3.05) is 13.7 Å². The molecule has 0 saturated carbocycles. The first-order chi connectivity index (χ1) is 7.87. The Labute approximate surface area is 98.7 Å². The van der Waals surface area contributed by atoms with Gasteiger partial charge in [-0.2, -0.15) is 8.42 Å². The average Bonchev–Trinajstić information content (AvgIpc) is 2.26. The van der Waals surface area contributed by atoms with E-state index in [0.717, 1.165) is 0 Å². The summed E-state index contributed by atoms with van der Waals surface area (Å²) < 4.78 is 38.8. The molecular formula is C9H13NO6S. The van der Waals surface area contributed by atoms with Gasteiger partial charge in [0.2, 0.25) is 0 Å². The van der Waals surface area contributed by atoms with Crippen molar-refractivity contribution in [2.45, 2.75) is 6.10 Å². The van der Waals surface area contributed by atoms with Gasteiger partial charge in [-0.1, -0.05) is 6.07 Å². The van der Waals surface area contributed by atoms with Gasteiger partial charge >= 0.3 is 10.4 Å². The molecule has 4 N–H and O–H groups in total. The Balaban J connectivity index is 3.10. The van der Waals surface area contributed by atoms with Gasteiger partial charge < -0.3 is 19.8 Å². The zero-order chi connectivity index (χ0) is 13.1. The predicted octanol–water partition coefficient (Wildman–Crippen LogP) is -0.131. The molecule has 96 valence electrons. The van der Waals surface area contributed by atoms with Crippen LogP contribution in [0.25, 0.3) is 0 Å². The third-order valence-electron chi connectivity index (χ3n) is 1.99. The van der Waals surface area contributed by atoms with Crippen molar-refractivity contribution in [3.63, 3.8) is 0 Å². The van der Waals surface area contributed by atoms with Gasteiger partial charge in [0.15, 0.2) is 11.5 Å². The van der Waals surface area contributed by atoms with Gasteiger partial charge in [0, 0.05) is 6.54 Å². The normalized spacial score (nSPS) is 13.2. The van der Waals surface area contributed by atoms with Gasteiger partial charge in [0.1, 0.15) is 0 Å². The van der Waals surface area contributed by atoms with Crippen LogP contribution in [0.5, 0.6) is 11.5 Å². The van der Waals surface area contributed by atoms with Crippen LogP contribution in [0.15, 0.2) is 18.2 Å². The van der Waals surface area contributed by atoms with Crippen LogP contribution in [-0.2, 0) is 10.4 Å². The van der Waals surface area contributed by atoms with Gasteiger partial charge in [0.25, 0.3) is 0 Å². The molecule has 0 fully saturated rings. The lowest BCUT2D eigenvalue weighted by molar-refractivity contribution is 0.186. The second-order valence-electron chi connectivity index (χ2n) is 3.17. The van der Waals surface area contributed by atoms with E-state index in [1.165, 1.54) is 25.3 Å². The van der Waals surface area contributed by atoms with Gasteiger partial charge in [-0.15, -0.1) is 0 Å². The molecule has 0 spiro atoms. The van der Waals surface area contributed by atoms with Crippen molar-refractivity contribution in [3.05, 3.63) is 23.8 Å². The summed E-state index contributed by atoms with van der Waals surface area (Å²) >= 11 is 0. The topological polar surface area (TPSA) is 119 Å². The predicted molar refractivity (Wildman–Crippen MR) is 59.2 cm³/mol. The highest BCUT2D eigenvalue weighted by atomic mass is 32.3. The van der Waals surface area contributed by atoms with E-state index >= 15 is 0 Å².